The second-order valence-corrected chi connectivity index (χ2v) is 6.85. The topological polar surface area (TPSA) is 21.3 Å². The van der Waals surface area contributed by atoms with Gasteiger partial charge in [-0.3, -0.25) is 0 Å². The zero-order chi connectivity index (χ0) is 16.1. The molecule has 0 radical (unpaired) electrons. The molecular weight excluding hydrogens is 282 g/mol. The molecule has 122 valence electrons. The van der Waals surface area contributed by atoms with E-state index in [1.807, 2.05) is 7.11 Å². The molecule has 0 unspecified atom stereocenters. The van der Waals surface area contributed by atoms with E-state index in [0.717, 1.165) is 12.8 Å². The highest BCUT2D eigenvalue weighted by Gasteiger charge is 2.31. The van der Waals surface area contributed by atoms with Crippen LogP contribution in [-0.2, 0) is 4.74 Å². The zero-order valence-electron chi connectivity index (χ0n) is 14.2. The minimum Gasteiger partial charge on any atom is -0.379 e. The van der Waals surface area contributed by atoms with Gasteiger partial charge in [0.2, 0.25) is 0 Å². The van der Waals surface area contributed by atoms with E-state index in [0.29, 0.717) is 6.04 Å². The fourth-order valence-electron chi connectivity index (χ4n) is 3.51. The van der Waals surface area contributed by atoms with Crippen LogP contribution in [0.15, 0.2) is 60.7 Å². The first kappa shape index (κ1) is 16.2. The summed E-state index contributed by atoms with van der Waals surface area (Å²) in [5.74, 6) is 0. The summed E-state index contributed by atoms with van der Waals surface area (Å²) in [6.45, 7) is 2.23. The highest BCUT2D eigenvalue weighted by atomic mass is 16.5. The van der Waals surface area contributed by atoms with Crippen molar-refractivity contribution in [3.8, 4) is 0 Å². The molecule has 1 fully saturated rings. The lowest BCUT2D eigenvalue weighted by Gasteiger charge is -2.38. The van der Waals surface area contributed by atoms with Crippen LogP contribution in [-0.4, -0.2) is 18.8 Å². The Hall–Kier alpha value is -1.64. The van der Waals surface area contributed by atoms with Crippen LogP contribution in [0.25, 0.3) is 0 Å². The minimum atomic E-state index is 0.0627. The third kappa shape index (κ3) is 4.01. The molecule has 0 saturated heterocycles. The summed E-state index contributed by atoms with van der Waals surface area (Å²) in [4.78, 5) is 0. The Morgan fingerprint density at radius 1 is 0.913 bits per heavy atom. The largest absolute Gasteiger partial charge is 0.379 e. The van der Waals surface area contributed by atoms with Gasteiger partial charge in [-0.1, -0.05) is 60.7 Å². The van der Waals surface area contributed by atoms with Gasteiger partial charge in [0.15, 0.2) is 0 Å². The highest BCUT2D eigenvalue weighted by Crippen LogP contribution is 2.32. The zero-order valence-corrected chi connectivity index (χ0v) is 14.2. The van der Waals surface area contributed by atoms with Gasteiger partial charge in [0, 0.05) is 13.2 Å². The van der Waals surface area contributed by atoms with E-state index < -0.39 is 0 Å². The van der Waals surface area contributed by atoms with E-state index in [1.54, 1.807) is 0 Å². The summed E-state index contributed by atoms with van der Waals surface area (Å²) < 4.78 is 5.67. The summed E-state index contributed by atoms with van der Waals surface area (Å²) >= 11 is 0. The first-order valence-corrected chi connectivity index (χ1v) is 8.61. The van der Waals surface area contributed by atoms with Crippen molar-refractivity contribution in [2.24, 2.45) is 0 Å². The Labute approximate surface area is 139 Å². The molecule has 0 heterocycles. The molecule has 2 aromatic carbocycles. The maximum atomic E-state index is 5.67. The third-order valence-corrected chi connectivity index (χ3v) is 5.20. The van der Waals surface area contributed by atoms with Crippen LogP contribution in [0.5, 0.6) is 0 Å². The lowest BCUT2D eigenvalue weighted by molar-refractivity contribution is -0.0295. The number of hydrogen-bond donors (Lipinski definition) is 1. The molecule has 2 nitrogen and oxygen atoms in total. The predicted molar refractivity (Wildman–Crippen MR) is 95.5 cm³/mol. The van der Waals surface area contributed by atoms with Crippen LogP contribution in [0.3, 0.4) is 0 Å². The van der Waals surface area contributed by atoms with E-state index in [2.05, 4.69) is 72.9 Å². The van der Waals surface area contributed by atoms with Gasteiger partial charge in [0.05, 0.1) is 11.6 Å². The Bertz CT molecular complexity index is 548. The third-order valence-electron chi connectivity index (χ3n) is 5.20. The maximum Gasteiger partial charge on any atom is 0.0652 e. The number of nitrogens with one attached hydrogen (secondary N) is 1. The van der Waals surface area contributed by atoms with E-state index in [9.17, 15) is 0 Å². The van der Waals surface area contributed by atoms with E-state index in [-0.39, 0.29) is 11.6 Å². The second-order valence-electron chi connectivity index (χ2n) is 6.85. The summed E-state index contributed by atoms with van der Waals surface area (Å²) in [6.07, 6.45) is 4.58. The standard InChI is InChI=1S/C21H27NO/c1-21(23-2)15-13-19(14-16-21)22-20(17-9-5-3-6-10-17)18-11-7-4-8-12-18/h3-12,19-20,22H,13-16H2,1-2H3. The number of methoxy groups -OCH3 is 1. The Morgan fingerprint density at radius 2 is 1.39 bits per heavy atom. The van der Waals surface area contributed by atoms with E-state index in [4.69, 9.17) is 4.74 Å². The van der Waals surface area contributed by atoms with E-state index in [1.165, 1.54) is 24.0 Å². The van der Waals surface area contributed by atoms with Gasteiger partial charge in [-0.2, -0.15) is 0 Å². The molecule has 1 aliphatic rings. The smallest absolute Gasteiger partial charge is 0.0652 e. The number of hydrogen-bond acceptors (Lipinski definition) is 2. The Kier molecular flexibility index (Phi) is 5.14. The second kappa shape index (κ2) is 7.29. The van der Waals surface area contributed by atoms with Crippen molar-refractivity contribution in [1.82, 2.24) is 5.32 Å². The summed E-state index contributed by atoms with van der Waals surface area (Å²) in [6, 6.07) is 22.3. The molecule has 0 amide bonds. The molecule has 0 aromatic heterocycles. The number of ether oxygens (including phenoxy) is 1. The molecule has 1 saturated carbocycles. The number of benzene rings is 2. The molecule has 3 rings (SSSR count). The van der Waals surface area contributed by atoms with Crippen molar-refractivity contribution in [3.63, 3.8) is 0 Å². The average molecular weight is 309 g/mol. The lowest BCUT2D eigenvalue weighted by atomic mass is 9.82. The Morgan fingerprint density at radius 3 is 1.83 bits per heavy atom. The fourth-order valence-corrected chi connectivity index (χ4v) is 3.51. The summed E-state index contributed by atoms with van der Waals surface area (Å²) in [7, 11) is 1.84. The van der Waals surface area contributed by atoms with Crippen LogP contribution >= 0.6 is 0 Å². The molecule has 2 heteroatoms. The SMILES string of the molecule is COC1(C)CCC(NC(c2ccccc2)c2ccccc2)CC1. The van der Waals surface area contributed by atoms with Crippen molar-refractivity contribution in [3.05, 3.63) is 71.8 Å². The average Bonchev–Trinajstić information content (AvgIpc) is 2.63. The van der Waals surface area contributed by atoms with Gasteiger partial charge in [-0.15, -0.1) is 0 Å². The normalized spacial score (nSPS) is 24.7. The van der Waals surface area contributed by atoms with Crippen molar-refractivity contribution in [2.75, 3.05) is 7.11 Å². The van der Waals surface area contributed by atoms with Gasteiger partial charge in [-0.05, 0) is 43.7 Å². The van der Waals surface area contributed by atoms with Crippen LogP contribution in [0.2, 0.25) is 0 Å². The molecule has 0 bridgehead atoms. The maximum absolute atomic E-state index is 5.67. The molecule has 23 heavy (non-hydrogen) atoms. The molecule has 1 N–H and O–H groups in total. The van der Waals surface area contributed by atoms with Gasteiger partial charge in [-0.25, -0.2) is 0 Å². The Balaban J connectivity index is 1.76. The predicted octanol–water partition coefficient (Wildman–Crippen LogP) is 4.71. The van der Waals surface area contributed by atoms with Gasteiger partial charge in [0.1, 0.15) is 0 Å². The first-order chi connectivity index (χ1) is 11.2. The van der Waals surface area contributed by atoms with Crippen LogP contribution in [0, 0.1) is 0 Å². The van der Waals surface area contributed by atoms with Crippen molar-refractivity contribution >= 4 is 0 Å². The van der Waals surface area contributed by atoms with E-state index >= 15 is 0 Å². The van der Waals surface area contributed by atoms with Gasteiger partial charge < -0.3 is 10.1 Å². The van der Waals surface area contributed by atoms with Crippen molar-refractivity contribution in [2.45, 2.75) is 50.3 Å². The quantitative estimate of drug-likeness (QED) is 0.863. The number of rotatable bonds is 5. The monoisotopic (exact) mass is 309 g/mol. The first-order valence-electron chi connectivity index (χ1n) is 8.61. The van der Waals surface area contributed by atoms with Crippen LogP contribution in [0.4, 0.5) is 0 Å². The molecule has 1 aliphatic carbocycles. The van der Waals surface area contributed by atoms with Crippen LogP contribution in [0.1, 0.15) is 49.8 Å². The molecule has 0 spiro atoms. The molecule has 2 aromatic rings. The van der Waals surface area contributed by atoms with Gasteiger partial charge >= 0.3 is 0 Å². The molecule has 0 aliphatic heterocycles. The van der Waals surface area contributed by atoms with Crippen molar-refractivity contribution in [1.29, 1.82) is 0 Å². The van der Waals surface area contributed by atoms with Gasteiger partial charge in [0.25, 0.3) is 0 Å². The highest BCUT2D eigenvalue weighted by molar-refractivity contribution is 5.31. The lowest BCUT2D eigenvalue weighted by Crippen LogP contribution is -2.42. The fraction of sp³-hybridized carbons (Fsp3) is 0.429. The summed E-state index contributed by atoms with van der Waals surface area (Å²) in [5.41, 5.74) is 2.73. The van der Waals surface area contributed by atoms with Crippen molar-refractivity contribution < 1.29 is 4.74 Å². The minimum absolute atomic E-state index is 0.0627. The molecular formula is C21H27NO. The molecule has 0 atom stereocenters. The summed E-state index contributed by atoms with van der Waals surface area (Å²) in [5, 5.41) is 3.89. The van der Waals surface area contributed by atoms with Crippen LogP contribution < -0.4 is 5.32 Å².